The third-order valence-corrected chi connectivity index (χ3v) is 5.80. The Labute approximate surface area is 152 Å². The first-order valence-corrected chi connectivity index (χ1v) is 10.1. The minimum absolute atomic E-state index is 0.179. The number of carbonyl (C=O) groups excluding carboxylic acids is 1. The Morgan fingerprint density at radius 3 is 2.60 bits per heavy atom. The van der Waals surface area contributed by atoms with Crippen LogP contribution >= 0.6 is 11.6 Å². The quantitative estimate of drug-likeness (QED) is 0.890. The van der Waals surface area contributed by atoms with Crippen molar-refractivity contribution in [2.24, 2.45) is 5.73 Å². The van der Waals surface area contributed by atoms with E-state index in [-0.39, 0.29) is 16.8 Å². The van der Waals surface area contributed by atoms with E-state index < -0.39 is 15.9 Å². The molecule has 0 aromatic heterocycles. The maximum Gasteiger partial charge on any atom is 0.244 e. The molecule has 1 aliphatic rings. The van der Waals surface area contributed by atoms with Crippen molar-refractivity contribution >= 4 is 33.0 Å². The molecule has 0 spiro atoms. The molecule has 2 N–H and O–H groups in total. The molecule has 2 aromatic carbocycles. The summed E-state index contributed by atoms with van der Waals surface area (Å²) >= 11 is 6.07. The predicted octanol–water partition coefficient (Wildman–Crippen LogP) is 2.72. The summed E-state index contributed by atoms with van der Waals surface area (Å²) in [5.74, 6) is -0.231. The second kappa shape index (κ2) is 6.44. The van der Waals surface area contributed by atoms with E-state index in [0.717, 1.165) is 17.4 Å². The lowest BCUT2D eigenvalue weighted by atomic mass is 9.94. The third-order valence-electron chi connectivity index (χ3n) is 4.46. The molecule has 3 rings (SSSR count). The zero-order valence-electron chi connectivity index (χ0n) is 13.9. The number of hydrogen-bond acceptors (Lipinski definition) is 4. The van der Waals surface area contributed by atoms with Crippen LogP contribution < -0.4 is 10.6 Å². The lowest BCUT2D eigenvalue weighted by Crippen LogP contribution is -2.49. The smallest absolute Gasteiger partial charge is 0.244 e. The number of nitrogens with two attached hydrogens (primary N) is 1. The molecule has 2 atom stereocenters. The average Bonchev–Trinajstić information content (AvgIpc) is 2.54. The van der Waals surface area contributed by atoms with Crippen LogP contribution in [0.3, 0.4) is 0 Å². The van der Waals surface area contributed by atoms with Crippen LogP contribution in [0.2, 0.25) is 5.02 Å². The van der Waals surface area contributed by atoms with Gasteiger partial charge in [0.1, 0.15) is 0 Å². The molecule has 5 nitrogen and oxygen atoms in total. The Hall–Kier alpha value is -1.89. The monoisotopic (exact) mass is 378 g/mol. The fourth-order valence-corrected chi connectivity index (χ4v) is 3.95. The van der Waals surface area contributed by atoms with E-state index in [1.807, 2.05) is 19.1 Å². The Morgan fingerprint density at radius 1 is 1.24 bits per heavy atom. The molecule has 0 bridgehead atoms. The van der Waals surface area contributed by atoms with E-state index in [1.54, 1.807) is 35.2 Å². The van der Waals surface area contributed by atoms with Gasteiger partial charge in [-0.15, -0.1) is 0 Å². The first kappa shape index (κ1) is 17.9. The van der Waals surface area contributed by atoms with Crippen molar-refractivity contribution in [3.63, 3.8) is 0 Å². The second-order valence-electron chi connectivity index (χ2n) is 6.31. The molecular weight excluding hydrogens is 360 g/mol. The van der Waals surface area contributed by atoms with Gasteiger partial charge in [0, 0.05) is 17.0 Å². The molecular formula is C18H19ClN2O3S. The van der Waals surface area contributed by atoms with Crippen LogP contribution in [0, 0.1) is 0 Å². The Balaban J connectivity index is 2.14. The molecule has 0 saturated carbocycles. The van der Waals surface area contributed by atoms with Gasteiger partial charge in [0.15, 0.2) is 9.84 Å². The number of benzene rings is 2. The maximum absolute atomic E-state index is 12.8. The Bertz CT molecular complexity index is 943. The second-order valence-corrected chi connectivity index (χ2v) is 8.76. The van der Waals surface area contributed by atoms with Crippen LogP contribution in [-0.4, -0.2) is 26.6 Å². The van der Waals surface area contributed by atoms with Gasteiger partial charge in [-0.2, -0.15) is 0 Å². The Kier molecular flexibility index (Phi) is 4.62. The van der Waals surface area contributed by atoms with Gasteiger partial charge in [0.05, 0.1) is 17.0 Å². The SMILES string of the molecule is C[C@@H](c1cccc(Cl)c1)N1C(=O)[C@H](N)Cc2ccc(S(C)(=O)=O)cc21. The first-order chi connectivity index (χ1) is 11.7. The van der Waals surface area contributed by atoms with Gasteiger partial charge in [0.25, 0.3) is 0 Å². The number of sulfone groups is 1. The number of nitrogens with zero attached hydrogens (tertiary/aromatic N) is 1. The van der Waals surface area contributed by atoms with Gasteiger partial charge in [-0.1, -0.05) is 29.8 Å². The number of hydrogen-bond donors (Lipinski definition) is 1. The summed E-state index contributed by atoms with van der Waals surface area (Å²) in [4.78, 5) is 14.5. The molecule has 0 aliphatic carbocycles. The van der Waals surface area contributed by atoms with Crippen LogP contribution in [-0.2, 0) is 21.1 Å². The number of anilines is 1. The minimum atomic E-state index is -3.38. The highest BCUT2D eigenvalue weighted by Gasteiger charge is 2.34. The normalized spacial score (nSPS) is 18.8. The van der Waals surface area contributed by atoms with Crippen LogP contribution in [0.25, 0.3) is 0 Å². The van der Waals surface area contributed by atoms with Gasteiger partial charge in [-0.05, 0) is 48.7 Å². The van der Waals surface area contributed by atoms with E-state index in [2.05, 4.69) is 0 Å². The summed E-state index contributed by atoms with van der Waals surface area (Å²) in [6.07, 6.45) is 1.53. The van der Waals surface area contributed by atoms with Crippen LogP contribution in [0.4, 0.5) is 5.69 Å². The van der Waals surface area contributed by atoms with E-state index in [4.69, 9.17) is 17.3 Å². The molecule has 1 heterocycles. The van der Waals surface area contributed by atoms with E-state index >= 15 is 0 Å². The largest absolute Gasteiger partial charge is 0.320 e. The molecule has 0 saturated heterocycles. The summed E-state index contributed by atoms with van der Waals surface area (Å²) in [7, 11) is -3.38. The zero-order chi connectivity index (χ0) is 18.4. The molecule has 0 radical (unpaired) electrons. The summed E-state index contributed by atoms with van der Waals surface area (Å²) in [6.45, 7) is 1.87. The van der Waals surface area contributed by atoms with Crippen molar-refractivity contribution in [1.82, 2.24) is 0 Å². The van der Waals surface area contributed by atoms with E-state index in [9.17, 15) is 13.2 Å². The highest BCUT2D eigenvalue weighted by molar-refractivity contribution is 7.90. The van der Waals surface area contributed by atoms with Gasteiger partial charge < -0.3 is 10.6 Å². The van der Waals surface area contributed by atoms with Gasteiger partial charge in [-0.25, -0.2) is 8.42 Å². The zero-order valence-corrected chi connectivity index (χ0v) is 15.5. The van der Waals surface area contributed by atoms with Crippen LogP contribution in [0.15, 0.2) is 47.4 Å². The lowest BCUT2D eigenvalue weighted by molar-refractivity contribution is -0.120. The molecule has 25 heavy (non-hydrogen) atoms. The first-order valence-electron chi connectivity index (χ1n) is 7.85. The molecule has 1 amide bonds. The summed E-state index contributed by atoms with van der Waals surface area (Å²) in [5.41, 5.74) is 8.31. The van der Waals surface area contributed by atoms with Crippen molar-refractivity contribution in [2.75, 3.05) is 11.2 Å². The fourth-order valence-electron chi connectivity index (χ4n) is 3.11. The molecule has 0 unspecified atom stereocenters. The van der Waals surface area contributed by atoms with E-state index in [0.29, 0.717) is 17.1 Å². The molecule has 0 fully saturated rings. The van der Waals surface area contributed by atoms with Gasteiger partial charge in [-0.3, -0.25) is 4.79 Å². The summed E-state index contributed by atoms with van der Waals surface area (Å²) in [6, 6.07) is 11.1. The molecule has 7 heteroatoms. The fraction of sp³-hybridized carbons (Fsp3) is 0.278. The highest BCUT2D eigenvalue weighted by Crippen LogP contribution is 2.36. The van der Waals surface area contributed by atoms with Gasteiger partial charge in [0.2, 0.25) is 5.91 Å². The molecule has 2 aromatic rings. The van der Waals surface area contributed by atoms with Crippen molar-refractivity contribution < 1.29 is 13.2 Å². The van der Waals surface area contributed by atoms with Crippen molar-refractivity contribution in [3.8, 4) is 0 Å². The molecule has 132 valence electrons. The summed E-state index contributed by atoms with van der Waals surface area (Å²) < 4.78 is 23.8. The highest BCUT2D eigenvalue weighted by atomic mass is 35.5. The van der Waals surface area contributed by atoms with Crippen molar-refractivity contribution in [2.45, 2.75) is 30.3 Å². The van der Waals surface area contributed by atoms with Crippen LogP contribution in [0.1, 0.15) is 24.1 Å². The number of rotatable bonds is 3. The number of halogens is 1. The van der Waals surface area contributed by atoms with Crippen molar-refractivity contribution in [3.05, 3.63) is 58.6 Å². The number of carbonyl (C=O) groups is 1. The lowest BCUT2D eigenvalue weighted by Gasteiger charge is -2.37. The number of fused-ring (bicyclic) bond motifs is 1. The third kappa shape index (κ3) is 3.42. The van der Waals surface area contributed by atoms with Crippen molar-refractivity contribution in [1.29, 1.82) is 0 Å². The summed E-state index contributed by atoms with van der Waals surface area (Å²) in [5, 5.41) is 0.572. The number of amides is 1. The predicted molar refractivity (Wildman–Crippen MR) is 98.6 cm³/mol. The minimum Gasteiger partial charge on any atom is -0.320 e. The van der Waals surface area contributed by atoms with Crippen LogP contribution in [0.5, 0.6) is 0 Å². The molecule has 1 aliphatic heterocycles. The Morgan fingerprint density at radius 2 is 1.96 bits per heavy atom. The standard InChI is InChI=1S/C18H19ClN2O3S/c1-11(12-4-3-5-14(19)8-12)21-17-10-15(25(2,23)24)7-6-13(17)9-16(20)18(21)22/h3-8,10-11,16H,9,20H2,1-2H3/t11-,16+/m0/s1. The van der Waals surface area contributed by atoms with Gasteiger partial charge >= 0.3 is 0 Å². The average molecular weight is 379 g/mol. The van der Waals surface area contributed by atoms with E-state index in [1.165, 1.54) is 0 Å². The maximum atomic E-state index is 12.8. The topological polar surface area (TPSA) is 80.5 Å².